The lowest BCUT2D eigenvalue weighted by atomic mass is 10.0. The largest absolute Gasteiger partial charge is 0.573 e. The Morgan fingerprint density at radius 3 is 2.65 bits per heavy atom. The number of benzene rings is 2. The molecule has 1 aliphatic rings. The molecule has 1 aliphatic heterocycles. The molecule has 0 fully saturated rings. The number of hydrazine groups is 1. The average Bonchev–Trinajstić information content (AvgIpc) is 3.11. The summed E-state index contributed by atoms with van der Waals surface area (Å²) in [5.74, 6) is -1.30. The molecule has 2 aromatic rings. The van der Waals surface area contributed by atoms with E-state index in [1.54, 1.807) is 0 Å². The highest BCUT2D eigenvalue weighted by molar-refractivity contribution is 6.33. The molecule has 0 aliphatic carbocycles. The summed E-state index contributed by atoms with van der Waals surface area (Å²) in [6, 6.07) is 6.06. The van der Waals surface area contributed by atoms with Gasteiger partial charge in [0.05, 0.1) is 16.0 Å². The lowest BCUT2D eigenvalue weighted by Crippen LogP contribution is -2.17. The van der Waals surface area contributed by atoms with E-state index in [1.165, 1.54) is 18.2 Å². The number of hydrogen-bond donors (Lipinski definition) is 1. The van der Waals surface area contributed by atoms with E-state index in [2.05, 4.69) is 10.0 Å². The summed E-state index contributed by atoms with van der Waals surface area (Å²) in [7, 11) is 0. The molecule has 0 saturated heterocycles. The smallest absolute Gasteiger partial charge is 0.405 e. The molecule has 1 heterocycles. The van der Waals surface area contributed by atoms with Crippen LogP contribution in [0.5, 0.6) is 5.75 Å². The predicted molar refractivity (Wildman–Crippen MR) is 74.6 cm³/mol. The van der Waals surface area contributed by atoms with Gasteiger partial charge in [-0.1, -0.05) is 17.7 Å². The number of halogens is 5. The molecule has 5 nitrogen and oxygen atoms in total. The summed E-state index contributed by atoms with van der Waals surface area (Å²) < 4.78 is 55.4. The number of ether oxygens (including phenoxy) is 1. The molecule has 0 radical (unpaired) electrons. The normalized spacial score (nSPS) is 12.7. The van der Waals surface area contributed by atoms with Crippen LogP contribution in [0, 0.1) is 10.7 Å². The molecule has 0 bridgehead atoms. The number of hydrogen-bond acceptors (Lipinski definition) is 4. The molecule has 23 heavy (non-hydrogen) atoms. The Labute approximate surface area is 131 Å². The second kappa shape index (κ2) is 5.27. The lowest BCUT2D eigenvalue weighted by Gasteiger charge is -2.14. The van der Waals surface area contributed by atoms with Gasteiger partial charge in [0.25, 0.3) is 0 Å². The first kappa shape index (κ1) is 15.3. The average molecular weight is 348 g/mol. The maximum atomic E-state index is 14.0. The Morgan fingerprint density at radius 1 is 1.26 bits per heavy atom. The van der Waals surface area contributed by atoms with Crippen molar-refractivity contribution in [3.05, 3.63) is 46.1 Å². The van der Waals surface area contributed by atoms with Crippen molar-refractivity contribution in [2.24, 2.45) is 5.29 Å². The molecule has 0 atom stereocenters. The van der Waals surface area contributed by atoms with Crippen LogP contribution in [0.3, 0.4) is 0 Å². The number of nitrogens with zero attached hydrogens (tertiary/aromatic N) is 2. The lowest BCUT2D eigenvalue weighted by molar-refractivity contribution is -0.274. The molecular formula is C13H6ClF4N3O2. The summed E-state index contributed by atoms with van der Waals surface area (Å²) >= 11 is 5.94. The maximum absolute atomic E-state index is 14.0. The van der Waals surface area contributed by atoms with Gasteiger partial charge in [-0.15, -0.1) is 18.1 Å². The van der Waals surface area contributed by atoms with E-state index in [0.717, 1.165) is 17.1 Å². The molecule has 0 spiro atoms. The van der Waals surface area contributed by atoms with E-state index < -0.39 is 17.9 Å². The van der Waals surface area contributed by atoms with Crippen LogP contribution in [0.4, 0.5) is 28.9 Å². The molecule has 0 unspecified atom stereocenters. The predicted octanol–water partition coefficient (Wildman–Crippen LogP) is 4.68. The van der Waals surface area contributed by atoms with Gasteiger partial charge in [0.2, 0.25) is 0 Å². The number of rotatable bonds is 4. The highest BCUT2D eigenvalue weighted by atomic mass is 35.5. The van der Waals surface area contributed by atoms with E-state index in [1.807, 2.05) is 5.53 Å². The maximum Gasteiger partial charge on any atom is 0.573 e. The quantitative estimate of drug-likeness (QED) is 0.377. The Hall–Kier alpha value is -2.55. The monoisotopic (exact) mass is 347 g/mol. The van der Waals surface area contributed by atoms with Crippen molar-refractivity contribution in [1.82, 2.24) is 5.53 Å². The SMILES string of the molecule is O=NNN1c2cc(-c3c(Cl)cccc3OC(F)(F)F)cc(F)c21. The van der Waals surface area contributed by atoms with Crippen molar-refractivity contribution in [2.45, 2.75) is 6.36 Å². The van der Waals surface area contributed by atoms with E-state index in [4.69, 9.17) is 11.6 Å². The van der Waals surface area contributed by atoms with Gasteiger partial charge in [-0.2, -0.15) is 5.53 Å². The standard InChI is InChI=1S/C13H6ClF4N3O2/c14-7-2-1-3-10(23-13(16,17)18)11(7)6-4-8(15)12-9(5-6)21(12)19-20-22/h1-5H,(H,19,22). The third kappa shape index (κ3) is 2.87. The van der Waals surface area contributed by atoms with Gasteiger partial charge >= 0.3 is 6.36 Å². The Morgan fingerprint density at radius 2 is 2.00 bits per heavy atom. The summed E-state index contributed by atoms with van der Waals surface area (Å²) in [6.07, 6.45) is -4.92. The zero-order chi connectivity index (χ0) is 16.8. The van der Waals surface area contributed by atoms with E-state index >= 15 is 0 Å². The first-order chi connectivity index (χ1) is 10.8. The van der Waals surface area contributed by atoms with E-state index in [9.17, 15) is 22.5 Å². The number of fused-ring (bicyclic) bond motifs is 1. The van der Waals surface area contributed by atoms with Crippen LogP contribution in [-0.4, -0.2) is 6.36 Å². The van der Waals surface area contributed by atoms with Crippen LogP contribution in [0.1, 0.15) is 0 Å². The van der Waals surface area contributed by atoms with Crippen LogP contribution in [0.2, 0.25) is 5.02 Å². The van der Waals surface area contributed by atoms with Crippen molar-refractivity contribution >= 4 is 23.0 Å². The zero-order valence-electron chi connectivity index (χ0n) is 11.0. The Bertz CT molecular complexity index is 798. The van der Waals surface area contributed by atoms with Crippen LogP contribution in [0.15, 0.2) is 35.6 Å². The highest BCUT2D eigenvalue weighted by Gasteiger charge is 2.37. The Balaban J connectivity index is 2.07. The number of nitrogens with one attached hydrogen (secondary N) is 1. The molecule has 10 heteroatoms. The van der Waals surface area contributed by atoms with Gasteiger partial charge in [-0.25, -0.2) is 9.40 Å². The van der Waals surface area contributed by atoms with Crippen LogP contribution in [-0.2, 0) is 0 Å². The van der Waals surface area contributed by atoms with Crippen LogP contribution >= 0.6 is 11.6 Å². The van der Waals surface area contributed by atoms with Crippen molar-refractivity contribution in [2.75, 3.05) is 5.01 Å². The second-order valence-corrected chi connectivity index (χ2v) is 4.92. The highest BCUT2D eigenvalue weighted by Crippen LogP contribution is 2.51. The second-order valence-electron chi connectivity index (χ2n) is 4.51. The van der Waals surface area contributed by atoms with Crippen molar-refractivity contribution in [3.8, 4) is 16.9 Å². The number of anilines is 2. The van der Waals surface area contributed by atoms with E-state index in [-0.39, 0.29) is 27.5 Å². The van der Waals surface area contributed by atoms with E-state index in [0.29, 0.717) is 0 Å². The van der Waals surface area contributed by atoms with Crippen molar-refractivity contribution in [1.29, 1.82) is 0 Å². The molecular weight excluding hydrogens is 342 g/mol. The van der Waals surface area contributed by atoms with Gasteiger partial charge < -0.3 is 4.74 Å². The fourth-order valence-electron chi connectivity index (χ4n) is 2.22. The summed E-state index contributed by atoms with van der Waals surface area (Å²) in [4.78, 5) is 10.2. The first-order valence-corrected chi connectivity index (χ1v) is 6.46. The molecule has 0 aromatic heterocycles. The number of nitroso groups, excluding NO2 is 1. The van der Waals surface area contributed by atoms with Gasteiger partial charge in [0, 0.05) is 5.56 Å². The molecule has 2 aromatic carbocycles. The fourth-order valence-corrected chi connectivity index (χ4v) is 2.49. The van der Waals surface area contributed by atoms with Gasteiger partial charge in [0.15, 0.2) is 5.82 Å². The minimum atomic E-state index is -4.92. The minimum Gasteiger partial charge on any atom is -0.405 e. The topological polar surface area (TPSA) is 53.7 Å². The molecule has 3 rings (SSSR count). The summed E-state index contributed by atoms with van der Waals surface area (Å²) in [5, 5.41) is 3.41. The third-order valence-corrected chi connectivity index (χ3v) is 3.40. The molecule has 1 N–H and O–H groups in total. The van der Waals surface area contributed by atoms with Gasteiger partial charge in [0.1, 0.15) is 11.4 Å². The third-order valence-electron chi connectivity index (χ3n) is 3.09. The molecule has 120 valence electrons. The summed E-state index contributed by atoms with van der Waals surface area (Å²) in [5.41, 5.74) is 2.29. The Kier molecular flexibility index (Phi) is 3.52. The van der Waals surface area contributed by atoms with Crippen LogP contribution < -0.4 is 15.3 Å². The zero-order valence-corrected chi connectivity index (χ0v) is 11.7. The van der Waals surface area contributed by atoms with Gasteiger partial charge in [-0.3, -0.25) is 0 Å². The van der Waals surface area contributed by atoms with Crippen molar-refractivity contribution in [3.63, 3.8) is 0 Å². The number of alkyl halides is 3. The van der Waals surface area contributed by atoms with Crippen LogP contribution in [0.25, 0.3) is 11.1 Å². The van der Waals surface area contributed by atoms with Crippen molar-refractivity contribution < 1.29 is 22.3 Å². The minimum absolute atomic E-state index is 0.0419. The van der Waals surface area contributed by atoms with Gasteiger partial charge in [-0.05, 0) is 29.8 Å². The summed E-state index contributed by atoms with van der Waals surface area (Å²) in [6.45, 7) is 0. The molecule has 0 amide bonds. The molecule has 0 saturated carbocycles. The fraction of sp³-hybridized carbons (Fsp3) is 0.0769. The first-order valence-electron chi connectivity index (χ1n) is 6.08.